The lowest BCUT2D eigenvalue weighted by molar-refractivity contribution is -0.213. The van der Waals surface area contributed by atoms with Crippen molar-refractivity contribution in [2.75, 3.05) is 0 Å². The maximum absolute atomic E-state index is 13.1. The van der Waals surface area contributed by atoms with Crippen LogP contribution in [0.2, 0.25) is 0 Å². The average molecular weight is 609 g/mol. The molecule has 252 valence electrons. The Morgan fingerprint density at radius 2 is 1.43 bits per heavy atom. The van der Waals surface area contributed by atoms with Crippen molar-refractivity contribution < 1.29 is 9.53 Å². The van der Waals surface area contributed by atoms with Gasteiger partial charge in [-0.25, -0.2) is 0 Å². The van der Waals surface area contributed by atoms with Crippen molar-refractivity contribution in [3.63, 3.8) is 0 Å². The highest BCUT2D eigenvalue weighted by atomic mass is 16.5. The van der Waals surface area contributed by atoms with Crippen molar-refractivity contribution in [1.29, 1.82) is 0 Å². The number of hydrogen-bond donors (Lipinski definition) is 0. The highest BCUT2D eigenvalue weighted by Crippen LogP contribution is 2.75. The van der Waals surface area contributed by atoms with E-state index >= 15 is 0 Å². The molecule has 4 saturated carbocycles. The Hall–Kier alpha value is -0.790. The number of ether oxygens (including phenoxy) is 1. The summed E-state index contributed by atoms with van der Waals surface area (Å²) in [6.07, 6.45) is 26.8. The molecule has 0 radical (unpaired) electrons. The maximum atomic E-state index is 13.1. The maximum Gasteiger partial charge on any atom is 0.306 e. The number of hydrogen-bond acceptors (Lipinski definition) is 2. The number of fused-ring (bicyclic) bond motifs is 7. The van der Waals surface area contributed by atoms with Crippen molar-refractivity contribution in [2.24, 2.45) is 56.7 Å². The first kappa shape index (κ1) is 34.5. The van der Waals surface area contributed by atoms with Gasteiger partial charge in [-0.2, -0.15) is 0 Å². The van der Waals surface area contributed by atoms with Crippen molar-refractivity contribution in [1.82, 2.24) is 0 Å². The van der Waals surface area contributed by atoms with Crippen LogP contribution in [0.15, 0.2) is 11.6 Å². The lowest BCUT2D eigenvalue weighted by Gasteiger charge is -2.71. The Morgan fingerprint density at radius 1 is 0.773 bits per heavy atom. The van der Waals surface area contributed by atoms with Crippen LogP contribution < -0.4 is 0 Å². The van der Waals surface area contributed by atoms with E-state index in [9.17, 15) is 4.79 Å². The fraction of sp³-hybridized carbons (Fsp3) is 0.929. The zero-order valence-electron chi connectivity index (χ0n) is 30.8. The topological polar surface area (TPSA) is 26.3 Å². The second-order valence-corrected chi connectivity index (χ2v) is 18.7. The summed E-state index contributed by atoms with van der Waals surface area (Å²) in [5, 5.41) is 0. The fourth-order valence-corrected chi connectivity index (χ4v) is 12.8. The number of esters is 1. The van der Waals surface area contributed by atoms with Gasteiger partial charge in [-0.15, -0.1) is 0 Å². The molecule has 10 unspecified atom stereocenters. The Kier molecular flexibility index (Phi) is 10.2. The summed E-state index contributed by atoms with van der Waals surface area (Å²) in [6.45, 7) is 23.1. The van der Waals surface area contributed by atoms with Gasteiger partial charge in [-0.05, 0) is 115 Å². The van der Waals surface area contributed by atoms with Crippen LogP contribution in [0.1, 0.15) is 184 Å². The number of unbranched alkanes of at least 4 members (excludes halogenated alkanes) is 8. The molecular weight excluding hydrogens is 536 g/mol. The molecule has 2 nitrogen and oxygen atoms in total. The molecule has 0 spiro atoms. The predicted molar refractivity (Wildman–Crippen MR) is 186 cm³/mol. The molecule has 0 aromatic rings. The summed E-state index contributed by atoms with van der Waals surface area (Å²) in [7, 11) is 0. The first-order valence-corrected chi connectivity index (χ1v) is 19.6. The largest absolute Gasteiger partial charge is 0.462 e. The third-order valence-electron chi connectivity index (χ3n) is 16.1. The zero-order chi connectivity index (χ0) is 32.0. The summed E-state index contributed by atoms with van der Waals surface area (Å²) in [6, 6.07) is 0. The highest BCUT2D eigenvalue weighted by Gasteiger charge is 2.68. The molecule has 0 heterocycles. The van der Waals surface area contributed by atoms with Gasteiger partial charge in [-0.3, -0.25) is 4.79 Å². The minimum absolute atomic E-state index is 0.0336. The second kappa shape index (κ2) is 13.0. The van der Waals surface area contributed by atoms with E-state index in [1.807, 2.05) is 5.57 Å². The van der Waals surface area contributed by atoms with E-state index in [2.05, 4.69) is 68.4 Å². The summed E-state index contributed by atoms with van der Waals surface area (Å²) in [5.74, 6) is 3.81. The summed E-state index contributed by atoms with van der Waals surface area (Å²) < 4.78 is 6.38. The SMILES string of the molecule is CCCCCCCCCCCC(=O)OC1CCC2(C)C(CCC3(C)C2CC=C2C4C(C)C(C)CCC4(C)CCC23C)C1(C)C. The molecule has 0 aromatic carbocycles. The van der Waals surface area contributed by atoms with Gasteiger partial charge in [0, 0.05) is 11.8 Å². The van der Waals surface area contributed by atoms with Crippen LogP contribution in [-0.2, 0) is 9.53 Å². The molecule has 0 aliphatic heterocycles. The van der Waals surface area contributed by atoms with E-state index in [4.69, 9.17) is 4.74 Å². The number of carbonyl (C=O) groups is 1. The van der Waals surface area contributed by atoms with E-state index < -0.39 is 0 Å². The molecule has 0 bridgehead atoms. The summed E-state index contributed by atoms with van der Waals surface area (Å²) >= 11 is 0. The molecule has 4 fully saturated rings. The highest BCUT2D eigenvalue weighted by molar-refractivity contribution is 5.69. The van der Waals surface area contributed by atoms with Crippen LogP contribution in [0.3, 0.4) is 0 Å². The van der Waals surface area contributed by atoms with Crippen molar-refractivity contribution >= 4 is 5.97 Å². The summed E-state index contributed by atoms with van der Waals surface area (Å²) in [4.78, 5) is 13.1. The monoisotopic (exact) mass is 609 g/mol. The van der Waals surface area contributed by atoms with Crippen molar-refractivity contribution in [3.8, 4) is 0 Å². The third kappa shape index (κ3) is 5.80. The number of allylic oxidation sites excluding steroid dienone is 2. The van der Waals surface area contributed by atoms with Gasteiger partial charge in [0.05, 0.1) is 0 Å². The molecule has 2 heteroatoms. The molecule has 5 aliphatic rings. The Balaban J connectivity index is 1.23. The van der Waals surface area contributed by atoms with Crippen LogP contribution in [0.5, 0.6) is 0 Å². The van der Waals surface area contributed by atoms with Crippen LogP contribution >= 0.6 is 0 Å². The van der Waals surface area contributed by atoms with E-state index in [-0.39, 0.29) is 17.5 Å². The fourth-order valence-electron chi connectivity index (χ4n) is 12.8. The molecule has 5 rings (SSSR count). The van der Waals surface area contributed by atoms with Crippen molar-refractivity contribution in [2.45, 2.75) is 190 Å². The van der Waals surface area contributed by atoms with Gasteiger partial charge >= 0.3 is 5.97 Å². The molecule has 10 atom stereocenters. The van der Waals surface area contributed by atoms with Gasteiger partial charge in [0.25, 0.3) is 0 Å². The van der Waals surface area contributed by atoms with Gasteiger partial charge in [0.15, 0.2) is 0 Å². The van der Waals surface area contributed by atoms with Crippen molar-refractivity contribution in [3.05, 3.63) is 11.6 Å². The Labute approximate surface area is 273 Å². The standard InChI is InChI=1S/C42H72O2/c1-10-11-12-13-14-15-16-17-18-19-36(43)44-35-24-26-40(7)33(38(35,4)5)23-27-42(9)34(40)21-20-32-37-31(3)30(2)22-25-39(37,6)28-29-41(32,42)8/h20,30-31,33-35,37H,10-19,21-29H2,1-9H3. The summed E-state index contributed by atoms with van der Waals surface area (Å²) in [5.41, 5.74) is 3.41. The van der Waals surface area contributed by atoms with E-state index in [0.29, 0.717) is 34.0 Å². The molecule has 0 amide bonds. The van der Waals surface area contributed by atoms with E-state index in [0.717, 1.165) is 36.5 Å². The number of rotatable bonds is 11. The Bertz CT molecular complexity index is 1040. The molecule has 0 N–H and O–H groups in total. The zero-order valence-corrected chi connectivity index (χ0v) is 30.8. The molecule has 44 heavy (non-hydrogen) atoms. The lowest BCUT2D eigenvalue weighted by atomic mass is 9.33. The van der Waals surface area contributed by atoms with Gasteiger partial charge in [0.2, 0.25) is 0 Å². The van der Waals surface area contributed by atoms with Gasteiger partial charge in [0.1, 0.15) is 6.10 Å². The normalized spacial score (nSPS) is 44.4. The van der Waals surface area contributed by atoms with E-state index in [1.54, 1.807) is 0 Å². The first-order chi connectivity index (χ1) is 20.7. The third-order valence-corrected chi connectivity index (χ3v) is 16.1. The predicted octanol–water partition coefficient (Wildman–Crippen LogP) is 12.5. The van der Waals surface area contributed by atoms with Crippen LogP contribution in [-0.4, -0.2) is 12.1 Å². The smallest absolute Gasteiger partial charge is 0.306 e. The van der Waals surface area contributed by atoms with Crippen LogP contribution in [0, 0.1) is 56.7 Å². The minimum atomic E-state index is 0.0336. The van der Waals surface area contributed by atoms with E-state index in [1.165, 1.54) is 103 Å². The van der Waals surface area contributed by atoms with Gasteiger partial charge in [-0.1, -0.05) is 125 Å². The van der Waals surface area contributed by atoms with Gasteiger partial charge < -0.3 is 4.74 Å². The first-order valence-electron chi connectivity index (χ1n) is 19.6. The van der Waals surface area contributed by atoms with Crippen LogP contribution in [0.25, 0.3) is 0 Å². The molecular formula is C42H72O2. The average Bonchev–Trinajstić information content (AvgIpc) is 2.96. The minimum Gasteiger partial charge on any atom is -0.462 e. The second-order valence-electron chi connectivity index (χ2n) is 18.7. The lowest BCUT2D eigenvalue weighted by Crippen LogP contribution is -2.65. The Morgan fingerprint density at radius 3 is 2.11 bits per heavy atom. The number of carbonyl (C=O) groups excluding carboxylic acids is 1. The molecule has 5 aliphatic carbocycles. The molecule has 0 aromatic heterocycles. The molecule has 0 saturated heterocycles. The van der Waals surface area contributed by atoms with Crippen LogP contribution in [0.4, 0.5) is 0 Å². The quantitative estimate of drug-likeness (QED) is 0.132.